The predicted molar refractivity (Wildman–Crippen MR) is 146 cm³/mol. The van der Waals surface area contributed by atoms with Crippen LogP contribution >= 0.6 is 0 Å². The van der Waals surface area contributed by atoms with Crippen molar-refractivity contribution in [1.82, 2.24) is 4.90 Å². The minimum atomic E-state index is -2.97. The molecule has 7 N–H and O–H groups in total. The Hall–Kier alpha value is -4.32. The molecule has 1 saturated carbocycles. The van der Waals surface area contributed by atoms with Crippen LogP contribution in [0.1, 0.15) is 41.3 Å². The van der Waals surface area contributed by atoms with Crippen LogP contribution in [0.2, 0.25) is 0 Å². The molecule has 3 aliphatic carbocycles. The molecule has 214 valence electrons. The quantitative estimate of drug-likeness (QED) is 0.234. The minimum Gasteiger partial charge on any atom is -0.508 e. The number of nitrogens with two attached hydrogens (primary N) is 1. The van der Waals surface area contributed by atoms with Crippen molar-refractivity contribution >= 4 is 29.0 Å². The second kappa shape index (κ2) is 9.37. The first-order chi connectivity index (χ1) is 19.2. The van der Waals surface area contributed by atoms with Gasteiger partial charge in [0.25, 0.3) is 5.91 Å². The van der Waals surface area contributed by atoms with Crippen molar-refractivity contribution in [1.29, 1.82) is 0 Å². The first kappa shape index (κ1) is 28.2. The summed E-state index contributed by atoms with van der Waals surface area (Å²) in [5, 5.41) is 57.3. The zero-order valence-corrected chi connectivity index (χ0v) is 22.7. The third-order valence-corrected chi connectivity index (χ3v) is 8.73. The van der Waals surface area contributed by atoms with Gasteiger partial charge in [0, 0.05) is 22.6 Å². The number of fused-ring (bicyclic) bond motifs is 3. The van der Waals surface area contributed by atoms with Crippen molar-refractivity contribution in [3.8, 4) is 16.9 Å². The number of aromatic hydroxyl groups is 1. The molecule has 0 aliphatic heterocycles. The Morgan fingerprint density at radius 3 is 2.15 bits per heavy atom. The van der Waals surface area contributed by atoms with Crippen molar-refractivity contribution in [2.75, 3.05) is 14.1 Å². The second-order valence-corrected chi connectivity index (χ2v) is 11.1. The average Bonchev–Trinajstić information content (AvgIpc) is 2.90. The number of carbonyl (C=O) groups is 4. The van der Waals surface area contributed by atoms with Gasteiger partial charge in [-0.05, 0) is 38.1 Å². The molecule has 0 heterocycles. The fourth-order valence-electron chi connectivity index (χ4n) is 6.73. The number of hydrogen-bond acceptors (Lipinski definition) is 10. The standard InChI is InChI=1S/C30H30N2O9/c1-11-15-9-10-16(14-7-5-13(6-8-14)12(2)33)23(34)18(15)24(35)19-17(11)25(36)21-22(32(3)4)26(37)20(29(31)40)28(39)30(21,41)27(19)38/h5-11,17,21-22,25,34-36,39,41H,1-4H3,(H2,31,40)/t11-,17+,21+,22?,25-,30-/m0/s1. The molecule has 3 aliphatic rings. The fraction of sp³-hybridized carbons (Fsp3) is 0.333. The fourth-order valence-corrected chi connectivity index (χ4v) is 6.73. The second-order valence-electron chi connectivity index (χ2n) is 11.1. The van der Waals surface area contributed by atoms with Crippen LogP contribution in [0.15, 0.2) is 53.3 Å². The Balaban J connectivity index is 1.75. The summed E-state index contributed by atoms with van der Waals surface area (Å²) in [7, 11) is 2.90. The minimum absolute atomic E-state index is 0.103. The number of amides is 1. The van der Waals surface area contributed by atoms with Crippen LogP contribution in [0, 0.1) is 11.8 Å². The molecule has 5 rings (SSSR count). The largest absolute Gasteiger partial charge is 0.508 e. The lowest BCUT2D eigenvalue weighted by Crippen LogP contribution is -2.70. The van der Waals surface area contributed by atoms with E-state index in [1.165, 1.54) is 25.9 Å². The van der Waals surface area contributed by atoms with Crippen LogP contribution < -0.4 is 5.73 Å². The highest BCUT2D eigenvalue weighted by Gasteiger charge is 2.68. The highest BCUT2D eigenvalue weighted by Crippen LogP contribution is 2.56. The maximum absolute atomic E-state index is 14.1. The third-order valence-electron chi connectivity index (χ3n) is 8.73. The maximum atomic E-state index is 14.1. The van der Waals surface area contributed by atoms with E-state index in [9.17, 15) is 44.7 Å². The number of phenols is 1. The van der Waals surface area contributed by atoms with E-state index in [4.69, 9.17) is 5.73 Å². The summed E-state index contributed by atoms with van der Waals surface area (Å²) in [4.78, 5) is 52.5. The topological polar surface area (TPSA) is 199 Å². The summed E-state index contributed by atoms with van der Waals surface area (Å²) >= 11 is 0. The number of nitrogens with zero attached hydrogens (tertiary/aromatic N) is 1. The van der Waals surface area contributed by atoms with Crippen LogP contribution in [0.4, 0.5) is 0 Å². The SMILES string of the molecule is CC(=O)c1ccc(-c2ccc3c(c2O)C(O)=C2C(=O)[C@]4(O)C(O)=C(C(N)=O)C(=O)C(N(C)C)[C@@H]4[C@@H](O)[C@@H]2[C@H]3C)cc1. The van der Waals surface area contributed by atoms with E-state index in [0.29, 0.717) is 16.7 Å². The Morgan fingerprint density at radius 2 is 1.61 bits per heavy atom. The molecule has 6 atom stereocenters. The molecule has 0 radical (unpaired) electrons. The first-order valence-electron chi connectivity index (χ1n) is 13.0. The molecule has 0 saturated heterocycles. The van der Waals surface area contributed by atoms with Crippen LogP contribution in [0.5, 0.6) is 5.75 Å². The van der Waals surface area contributed by atoms with Crippen LogP contribution in [-0.4, -0.2) is 85.5 Å². The Labute approximate surface area is 234 Å². The number of aliphatic hydroxyl groups excluding tert-OH is 3. The lowest BCUT2D eigenvalue weighted by atomic mass is 9.54. The van der Waals surface area contributed by atoms with E-state index in [1.807, 2.05) is 0 Å². The third kappa shape index (κ3) is 3.69. The van der Waals surface area contributed by atoms with Crippen molar-refractivity contribution in [3.63, 3.8) is 0 Å². The van der Waals surface area contributed by atoms with Crippen molar-refractivity contribution in [3.05, 3.63) is 70.0 Å². The van der Waals surface area contributed by atoms with Gasteiger partial charge < -0.3 is 31.3 Å². The van der Waals surface area contributed by atoms with Gasteiger partial charge in [-0.3, -0.25) is 24.1 Å². The van der Waals surface area contributed by atoms with Gasteiger partial charge in [0.2, 0.25) is 5.78 Å². The number of ketones is 3. The summed E-state index contributed by atoms with van der Waals surface area (Å²) in [5.41, 5.74) is 2.50. The molecule has 41 heavy (non-hydrogen) atoms. The van der Waals surface area contributed by atoms with Crippen molar-refractivity contribution in [2.24, 2.45) is 17.6 Å². The molecule has 2 aromatic rings. The number of aliphatic hydroxyl groups is 4. The van der Waals surface area contributed by atoms with Gasteiger partial charge in [-0.2, -0.15) is 0 Å². The van der Waals surface area contributed by atoms with Crippen LogP contribution in [-0.2, 0) is 14.4 Å². The maximum Gasteiger partial charge on any atom is 0.255 e. The molecule has 1 amide bonds. The predicted octanol–water partition coefficient (Wildman–Crippen LogP) is 1.37. The Bertz CT molecular complexity index is 1600. The van der Waals surface area contributed by atoms with E-state index in [-0.39, 0.29) is 22.7 Å². The summed E-state index contributed by atoms with van der Waals surface area (Å²) in [6.45, 7) is 3.08. The summed E-state index contributed by atoms with van der Waals surface area (Å²) in [6, 6.07) is 8.24. The normalized spacial score (nSPS) is 29.3. The molecule has 0 bridgehead atoms. The van der Waals surface area contributed by atoms with E-state index in [2.05, 4.69) is 0 Å². The van der Waals surface area contributed by atoms with Gasteiger partial charge in [0.15, 0.2) is 17.2 Å². The van der Waals surface area contributed by atoms with E-state index < -0.39 is 75.6 Å². The number of likely N-dealkylation sites (N-methyl/N-ethyl adjacent to an activating group) is 1. The smallest absolute Gasteiger partial charge is 0.255 e. The number of Topliss-reactive ketones (excluding diaryl/α,β-unsaturated/α-hetero) is 3. The molecule has 11 heteroatoms. The van der Waals surface area contributed by atoms with E-state index in [1.54, 1.807) is 43.3 Å². The number of carbonyl (C=O) groups excluding carboxylic acids is 4. The molecule has 0 spiro atoms. The molecule has 1 fully saturated rings. The Kier molecular flexibility index (Phi) is 6.45. The van der Waals surface area contributed by atoms with Crippen LogP contribution in [0.3, 0.4) is 0 Å². The van der Waals surface area contributed by atoms with Gasteiger partial charge in [0.1, 0.15) is 22.8 Å². The number of primary amides is 1. The molecule has 11 nitrogen and oxygen atoms in total. The molecular formula is C30H30N2O9. The zero-order valence-electron chi connectivity index (χ0n) is 22.7. The molecule has 1 unspecified atom stereocenters. The number of rotatable bonds is 4. The van der Waals surface area contributed by atoms with E-state index in [0.717, 1.165) is 0 Å². The van der Waals surface area contributed by atoms with Crippen molar-refractivity contribution in [2.45, 2.75) is 37.5 Å². The lowest BCUT2D eigenvalue weighted by Gasteiger charge is -2.53. The zero-order chi connectivity index (χ0) is 30.3. The summed E-state index contributed by atoms with van der Waals surface area (Å²) in [5.74, 6) is -9.54. The highest BCUT2D eigenvalue weighted by molar-refractivity contribution is 6.24. The molecule has 0 aromatic heterocycles. The van der Waals surface area contributed by atoms with Gasteiger partial charge in [-0.1, -0.05) is 43.3 Å². The monoisotopic (exact) mass is 562 g/mol. The average molecular weight is 563 g/mol. The lowest BCUT2D eigenvalue weighted by molar-refractivity contribution is -0.169. The number of hydrogen-bond donors (Lipinski definition) is 6. The molecule has 2 aromatic carbocycles. The number of benzene rings is 2. The van der Waals surface area contributed by atoms with Gasteiger partial charge in [-0.15, -0.1) is 0 Å². The van der Waals surface area contributed by atoms with Gasteiger partial charge in [-0.25, -0.2) is 0 Å². The first-order valence-corrected chi connectivity index (χ1v) is 13.0. The van der Waals surface area contributed by atoms with E-state index >= 15 is 0 Å². The summed E-state index contributed by atoms with van der Waals surface area (Å²) < 4.78 is 0. The number of phenolic OH excluding ortho intramolecular Hbond substituents is 1. The van der Waals surface area contributed by atoms with Gasteiger partial charge >= 0.3 is 0 Å². The Morgan fingerprint density at radius 1 is 1.00 bits per heavy atom. The highest BCUT2D eigenvalue weighted by atomic mass is 16.4. The van der Waals surface area contributed by atoms with Gasteiger partial charge in [0.05, 0.1) is 23.6 Å². The van der Waals surface area contributed by atoms with Crippen molar-refractivity contribution < 1.29 is 44.7 Å². The summed E-state index contributed by atoms with van der Waals surface area (Å²) in [6.07, 6.45) is -1.66. The van der Waals surface area contributed by atoms with Crippen LogP contribution in [0.25, 0.3) is 16.9 Å². The molecular weight excluding hydrogens is 532 g/mol.